The first kappa shape index (κ1) is 25.1. The number of carboxylic acid groups (broad SMARTS) is 1. The van der Waals surface area contributed by atoms with Crippen LogP contribution in [0.15, 0.2) is 54.6 Å². The molecule has 5 rings (SSSR count). The summed E-state index contributed by atoms with van der Waals surface area (Å²) in [6.45, 7) is 0.464. The SMILES string of the molecule is O=C(NC(Cc1ccc(OCc2ccccc2)cc1)C(=O)O)c1nn(C2CCCCC2)c2c1CCCC2. The van der Waals surface area contributed by atoms with Gasteiger partial charge in [0.2, 0.25) is 0 Å². The largest absolute Gasteiger partial charge is 0.489 e. The second-order valence-corrected chi connectivity index (χ2v) is 10.2. The second kappa shape index (κ2) is 11.6. The number of benzene rings is 2. The van der Waals surface area contributed by atoms with Crippen molar-refractivity contribution in [3.63, 3.8) is 0 Å². The third-order valence-corrected chi connectivity index (χ3v) is 7.56. The molecule has 7 nitrogen and oxygen atoms in total. The third kappa shape index (κ3) is 6.04. The molecule has 3 aromatic rings. The van der Waals surface area contributed by atoms with E-state index >= 15 is 0 Å². The van der Waals surface area contributed by atoms with Gasteiger partial charge in [-0.2, -0.15) is 5.10 Å². The molecule has 2 aromatic carbocycles. The van der Waals surface area contributed by atoms with Crippen LogP contribution in [0.4, 0.5) is 0 Å². The summed E-state index contributed by atoms with van der Waals surface area (Å²) in [6.07, 6.45) is 9.92. The average molecular weight is 502 g/mol. The van der Waals surface area contributed by atoms with Crippen molar-refractivity contribution in [1.29, 1.82) is 0 Å². The Morgan fingerprint density at radius 1 is 0.946 bits per heavy atom. The summed E-state index contributed by atoms with van der Waals surface area (Å²) < 4.78 is 7.93. The van der Waals surface area contributed by atoms with Crippen LogP contribution in [0.1, 0.15) is 83.9 Å². The second-order valence-electron chi connectivity index (χ2n) is 10.2. The summed E-state index contributed by atoms with van der Waals surface area (Å²) in [5.41, 5.74) is 4.50. The Labute approximate surface area is 217 Å². The van der Waals surface area contributed by atoms with E-state index in [4.69, 9.17) is 9.84 Å². The number of amides is 1. The summed E-state index contributed by atoms with van der Waals surface area (Å²) in [6, 6.07) is 16.6. The van der Waals surface area contributed by atoms with Crippen molar-refractivity contribution in [2.45, 2.75) is 82.9 Å². The fourth-order valence-electron chi connectivity index (χ4n) is 5.56. The van der Waals surface area contributed by atoms with Gasteiger partial charge in [-0.3, -0.25) is 9.48 Å². The van der Waals surface area contributed by atoms with E-state index in [1.807, 2.05) is 54.6 Å². The molecule has 0 radical (unpaired) electrons. The van der Waals surface area contributed by atoms with Gasteiger partial charge in [0.05, 0.1) is 6.04 Å². The Morgan fingerprint density at radius 3 is 2.41 bits per heavy atom. The minimum Gasteiger partial charge on any atom is -0.489 e. The van der Waals surface area contributed by atoms with Crippen molar-refractivity contribution in [2.75, 3.05) is 0 Å². The zero-order valence-corrected chi connectivity index (χ0v) is 21.2. The van der Waals surface area contributed by atoms with Gasteiger partial charge in [0.25, 0.3) is 5.91 Å². The molecule has 2 N–H and O–H groups in total. The topological polar surface area (TPSA) is 93.4 Å². The summed E-state index contributed by atoms with van der Waals surface area (Å²) in [7, 11) is 0. The number of nitrogens with one attached hydrogen (secondary N) is 1. The van der Waals surface area contributed by atoms with Crippen LogP contribution in [-0.2, 0) is 30.7 Å². The van der Waals surface area contributed by atoms with Gasteiger partial charge in [-0.1, -0.05) is 61.7 Å². The zero-order valence-electron chi connectivity index (χ0n) is 21.2. The fraction of sp³-hybridized carbons (Fsp3) is 0.433. The highest BCUT2D eigenvalue weighted by molar-refractivity contribution is 5.96. The highest BCUT2D eigenvalue weighted by atomic mass is 16.5. The maximum Gasteiger partial charge on any atom is 0.326 e. The number of aromatic nitrogens is 2. The highest BCUT2D eigenvalue weighted by Gasteiger charge is 2.30. The number of fused-ring (bicyclic) bond motifs is 1. The smallest absolute Gasteiger partial charge is 0.326 e. The number of hydrogen-bond donors (Lipinski definition) is 2. The van der Waals surface area contributed by atoms with Gasteiger partial charge in [-0.15, -0.1) is 0 Å². The number of aliphatic carboxylic acids is 1. The molecule has 1 heterocycles. The minimum atomic E-state index is -1.06. The number of rotatable bonds is 9. The highest BCUT2D eigenvalue weighted by Crippen LogP contribution is 2.33. The summed E-state index contributed by atoms with van der Waals surface area (Å²) in [5.74, 6) is -0.732. The van der Waals surface area contributed by atoms with Crippen molar-refractivity contribution >= 4 is 11.9 Å². The van der Waals surface area contributed by atoms with Gasteiger partial charge < -0.3 is 15.2 Å². The predicted octanol–water partition coefficient (Wildman–Crippen LogP) is 5.27. The Bertz CT molecular complexity index is 1210. The van der Waals surface area contributed by atoms with Crippen LogP contribution in [0.2, 0.25) is 0 Å². The van der Waals surface area contributed by atoms with Crippen LogP contribution in [0.25, 0.3) is 0 Å². The Hall–Kier alpha value is -3.61. The van der Waals surface area contributed by atoms with Crippen molar-refractivity contribution in [2.24, 2.45) is 0 Å². The zero-order chi connectivity index (χ0) is 25.6. The standard InChI is InChI=1S/C30H35N3O4/c34-29(28-25-13-7-8-14-27(25)33(32-28)23-11-5-2-6-12-23)31-26(30(35)36)19-21-15-17-24(18-16-21)37-20-22-9-3-1-4-10-22/h1,3-4,9-10,15-18,23,26H,2,5-8,11-14,19-20H2,(H,31,34)(H,35,36). The van der Waals surface area contributed by atoms with E-state index in [2.05, 4.69) is 10.00 Å². The van der Waals surface area contributed by atoms with Crippen LogP contribution in [0.3, 0.4) is 0 Å². The van der Waals surface area contributed by atoms with Gasteiger partial charge in [-0.05, 0) is 61.8 Å². The lowest BCUT2D eigenvalue weighted by atomic mass is 9.92. The van der Waals surface area contributed by atoms with Gasteiger partial charge in [0, 0.05) is 17.7 Å². The Balaban J connectivity index is 1.26. The lowest BCUT2D eigenvalue weighted by Crippen LogP contribution is -2.42. The number of carboxylic acids is 1. The number of ether oxygens (including phenoxy) is 1. The molecule has 194 valence electrons. The number of nitrogens with zero attached hydrogens (tertiary/aromatic N) is 2. The van der Waals surface area contributed by atoms with E-state index in [0.717, 1.165) is 55.2 Å². The molecule has 2 aliphatic carbocycles. The molecule has 1 unspecified atom stereocenters. The molecule has 0 aliphatic heterocycles. The molecule has 0 bridgehead atoms. The quantitative estimate of drug-likeness (QED) is 0.417. The first-order valence-corrected chi connectivity index (χ1v) is 13.5. The average Bonchev–Trinajstić information content (AvgIpc) is 3.33. The molecular formula is C30H35N3O4. The van der Waals surface area contributed by atoms with Crippen molar-refractivity contribution in [1.82, 2.24) is 15.1 Å². The fourth-order valence-corrected chi connectivity index (χ4v) is 5.56. The van der Waals surface area contributed by atoms with E-state index in [0.29, 0.717) is 24.1 Å². The van der Waals surface area contributed by atoms with Gasteiger partial charge in [-0.25, -0.2) is 4.79 Å². The van der Waals surface area contributed by atoms with E-state index in [-0.39, 0.29) is 12.3 Å². The molecule has 1 atom stereocenters. The first-order chi connectivity index (χ1) is 18.1. The van der Waals surface area contributed by atoms with Crippen LogP contribution in [0, 0.1) is 0 Å². The van der Waals surface area contributed by atoms with Gasteiger partial charge in [0.1, 0.15) is 18.4 Å². The Morgan fingerprint density at radius 2 is 1.68 bits per heavy atom. The van der Waals surface area contributed by atoms with Crippen LogP contribution >= 0.6 is 0 Å². The molecule has 0 saturated heterocycles. The number of carbonyl (C=O) groups excluding carboxylic acids is 1. The predicted molar refractivity (Wildman–Crippen MR) is 141 cm³/mol. The summed E-state index contributed by atoms with van der Waals surface area (Å²) >= 11 is 0. The lowest BCUT2D eigenvalue weighted by molar-refractivity contribution is -0.139. The lowest BCUT2D eigenvalue weighted by Gasteiger charge is -2.25. The van der Waals surface area contributed by atoms with E-state index in [1.165, 1.54) is 25.0 Å². The van der Waals surface area contributed by atoms with Crippen LogP contribution < -0.4 is 10.1 Å². The van der Waals surface area contributed by atoms with Gasteiger partial charge >= 0.3 is 5.97 Å². The molecule has 37 heavy (non-hydrogen) atoms. The molecule has 7 heteroatoms. The van der Waals surface area contributed by atoms with Crippen molar-refractivity contribution in [3.8, 4) is 5.75 Å². The number of carbonyl (C=O) groups is 2. The van der Waals surface area contributed by atoms with E-state index in [1.54, 1.807) is 0 Å². The molecule has 1 fully saturated rings. The molecular weight excluding hydrogens is 466 g/mol. The molecule has 0 spiro atoms. The molecule has 1 aromatic heterocycles. The summed E-state index contributed by atoms with van der Waals surface area (Å²) in [5, 5.41) is 17.4. The van der Waals surface area contributed by atoms with E-state index < -0.39 is 12.0 Å². The monoisotopic (exact) mass is 501 g/mol. The first-order valence-electron chi connectivity index (χ1n) is 13.5. The van der Waals surface area contributed by atoms with E-state index in [9.17, 15) is 14.7 Å². The number of hydrogen-bond acceptors (Lipinski definition) is 4. The Kier molecular flexibility index (Phi) is 7.87. The molecule has 1 saturated carbocycles. The van der Waals surface area contributed by atoms with Crippen LogP contribution in [0.5, 0.6) is 5.75 Å². The maximum absolute atomic E-state index is 13.3. The van der Waals surface area contributed by atoms with Crippen LogP contribution in [-0.4, -0.2) is 32.8 Å². The minimum absolute atomic E-state index is 0.186. The normalized spacial score (nSPS) is 16.5. The maximum atomic E-state index is 13.3. The molecule has 1 amide bonds. The van der Waals surface area contributed by atoms with Crippen molar-refractivity contribution in [3.05, 3.63) is 82.7 Å². The third-order valence-electron chi connectivity index (χ3n) is 7.56. The van der Waals surface area contributed by atoms with Crippen molar-refractivity contribution < 1.29 is 19.4 Å². The molecule has 2 aliphatic rings. The van der Waals surface area contributed by atoms with Gasteiger partial charge in [0.15, 0.2) is 5.69 Å². The summed E-state index contributed by atoms with van der Waals surface area (Å²) in [4.78, 5) is 25.4.